The molecule has 0 spiro atoms. The van der Waals surface area contributed by atoms with Gasteiger partial charge in [0.1, 0.15) is 5.02 Å². The quantitative estimate of drug-likeness (QED) is 0.566. The maximum Gasteiger partial charge on any atom is 0.322 e. The van der Waals surface area contributed by atoms with E-state index in [4.69, 9.17) is 11.6 Å². The van der Waals surface area contributed by atoms with Crippen LogP contribution in [0.3, 0.4) is 0 Å². The lowest BCUT2D eigenvalue weighted by molar-refractivity contribution is -0.384. The van der Waals surface area contributed by atoms with Crippen LogP contribution in [0.5, 0.6) is 0 Å². The van der Waals surface area contributed by atoms with E-state index in [0.29, 0.717) is 18.2 Å². The van der Waals surface area contributed by atoms with Crippen LogP contribution >= 0.6 is 11.6 Å². The zero-order chi connectivity index (χ0) is 18.7. The Kier molecular flexibility index (Phi) is 5.42. The van der Waals surface area contributed by atoms with Crippen LogP contribution in [-0.2, 0) is 6.54 Å². The molecule has 1 unspecified atom stereocenters. The Bertz CT molecular complexity index is 809. The standard InChI is InChI=1S/C19H20ClN3O3/c1-13(15-7-8-15)22(12-14-5-3-2-4-6-14)19(24)21-16-9-10-17(20)18(11-16)23(25)26/h2-6,9-11,13,15H,7-8,12H2,1H3,(H,21,24). The predicted octanol–water partition coefficient (Wildman–Crippen LogP) is 5.08. The van der Waals surface area contributed by atoms with E-state index >= 15 is 0 Å². The Hall–Kier alpha value is -2.60. The van der Waals surface area contributed by atoms with Gasteiger partial charge in [-0.25, -0.2) is 4.79 Å². The van der Waals surface area contributed by atoms with Crippen molar-refractivity contribution in [3.63, 3.8) is 0 Å². The Balaban J connectivity index is 1.79. The van der Waals surface area contributed by atoms with Crippen LogP contribution in [0, 0.1) is 16.0 Å². The van der Waals surface area contributed by atoms with Crippen molar-refractivity contribution in [3.8, 4) is 0 Å². The summed E-state index contributed by atoms with van der Waals surface area (Å²) in [7, 11) is 0. The topological polar surface area (TPSA) is 75.5 Å². The van der Waals surface area contributed by atoms with Crippen molar-refractivity contribution in [1.82, 2.24) is 4.90 Å². The number of halogens is 1. The molecule has 2 aromatic rings. The van der Waals surface area contributed by atoms with Crippen LogP contribution in [0.15, 0.2) is 48.5 Å². The molecule has 1 N–H and O–H groups in total. The molecule has 1 aliphatic rings. The third-order valence-electron chi connectivity index (χ3n) is 4.65. The van der Waals surface area contributed by atoms with Crippen molar-refractivity contribution < 1.29 is 9.72 Å². The van der Waals surface area contributed by atoms with Crippen LogP contribution in [0.25, 0.3) is 0 Å². The summed E-state index contributed by atoms with van der Waals surface area (Å²) in [6.07, 6.45) is 2.23. The van der Waals surface area contributed by atoms with Crippen LogP contribution < -0.4 is 5.32 Å². The first-order valence-electron chi connectivity index (χ1n) is 8.51. The first-order valence-corrected chi connectivity index (χ1v) is 8.89. The normalized spacial score (nSPS) is 14.5. The SMILES string of the molecule is CC(C1CC1)N(Cc1ccccc1)C(=O)Nc1ccc(Cl)c([N+](=O)[O-])c1. The van der Waals surface area contributed by atoms with E-state index in [1.54, 1.807) is 11.0 Å². The van der Waals surface area contributed by atoms with Crippen molar-refractivity contribution in [2.45, 2.75) is 32.4 Å². The second-order valence-electron chi connectivity index (χ2n) is 6.54. The maximum atomic E-state index is 12.9. The van der Waals surface area contributed by atoms with Crippen molar-refractivity contribution >= 4 is 29.0 Å². The summed E-state index contributed by atoms with van der Waals surface area (Å²) in [5.74, 6) is 0.504. The van der Waals surface area contributed by atoms with Gasteiger partial charge in [0.2, 0.25) is 0 Å². The van der Waals surface area contributed by atoms with Gasteiger partial charge in [0, 0.05) is 24.3 Å². The number of nitro benzene ring substituents is 1. The molecule has 2 aromatic carbocycles. The van der Waals surface area contributed by atoms with Gasteiger partial charge in [-0.1, -0.05) is 41.9 Å². The molecule has 1 saturated carbocycles. The van der Waals surface area contributed by atoms with E-state index in [1.807, 2.05) is 37.3 Å². The highest BCUT2D eigenvalue weighted by Gasteiger charge is 2.34. The zero-order valence-electron chi connectivity index (χ0n) is 14.4. The summed E-state index contributed by atoms with van der Waals surface area (Å²) < 4.78 is 0. The van der Waals surface area contributed by atoms with Gasteiger partial charge in [-0.15, -0.1) is 0 Å². The number of hydrogen-bond acceptors (Lipinski definition) is 3. The molecule has 1 aliphatic carbocycles. The van der Waals surface area contributed by atoms with Crippen LogP contribution in [-0.4, -0.2) is 21.9 Å². The van der Waals surface area contributed by atoms with Crippen molar-refractivity contribution in [1.29, 1.82) is 0 Å². The maximum absolute atomic E-state index is 12.9. The second-order valence-corrected chi connectivity index (χ2v) is 6.95. The number of benzene rings is 2. The highest BCUT2D eigenvalue weighted by atomic mass is 35.5. The molecule has 26 heavy (non-hydrogen) atoms. The highest BCUT2D eigenvalue weighted by Crippen LogP contribution is 2.36. The summed E-state index contributed by atoms with van der Waals surface area (Å²) >= 11 is 5.83. The molecular formula is C19H20ClN3O3. The number of nitrogens with zero attached hydrogens (tertiary/aromatic N) is 2. The third kappa shape index (κ3) is 4.32. The number of nitro groups is 1. The van der Waals surface area contributed by atoms with Gasteiger partial charge in [0.05, 0.1) is 4.92 Å². The molecule has 1 fully saturated rings. The minimum atomic E-state index is -0.563. The molecule has 0 bridgehead atoms. The van der Waals surface area contributed by atoms with Gasteiger partial charge >= 0.3 is 6.03 Å². The second kappa shape index (κ2) is 7.74. The van der Waals surface area contributed by atoms with Gasteiger partial charge in [-0.05, 0) is 43.4 Å². The fourth-order valence-electron chi connectivity index (χ4n) is 2.94. The Morgan fingerprint density at radius 1 is 1.31 bits per heavy atom. The number of nitrogens with one attached hydrogen (secondary N) is 1. The molecule has 7 heteroatoms. The monoisotopic (exact) mass is 373 g/mol. The summed E-state index contributed by atoms with van der Waals surface area (Å²) in [6.45, 7) is 2.53. The number of hydrogen-bond donors (Lipinski definition) is 1. The Morgan fingerprint density at radius 2 is 2.00 bits per heavy atom. The fourth-order valence-corrected chi connectivity index (χ4v) is 3.13. The van der Waals surface area contributed by atoms with E-state index in [1.165, 1.54) is 12.1 Å². The molecule has 2 amide bonds. The van der Waals surface area contributed by atoms with Crippen molar-refractivity contribution in [3.05, 3.63) is 69.2 Å². The minimum absolute atomic E-state index is 0.0421. The molecule has 136 valence electrons. The third-order valence-corrected chi connectivity index (χ3v) is 4.97. The van der Waals surface area contributed by atoms with Crippen LogP contribution in [0.1, 0.15) is 25.3 Å². The highest BCUT2D eigenvalue weighted by molar-refractivity contribution is 6.32. The van der Waals surface area contributed by atoms with E-state index < -0.39 is 4.92 Å². The van der Waals surface area contributed by atoms with Gasteiger partial charge in [-0.2, -0.15) is 0 Å². The molecule has 0 saturated heterocycles. The average molecular weight is 374 g/mol. The predicted molar refractivity (Wildman–Crippen MR) is 101 cm³/mol. The minimum Gasteiger partial charge on any atom is -0.317 e. The lowest BCUT2D eigenvalue weighted by atomic mass is 10.1. The number of anilines is 1. The van der Waals surface area contributed by atoms with E-state index in [2.05, 4.69) is 5.32 Å². The van der Waals surface area contributed by atoms with Crippen molar-refractivity contribution in [2.75, 3.05) is 5.32 Å². The Morgan fingerprint density at radius 3 is 2.62 bits per heavy atom. The molecule has 0 aliphatic heterocycles. The number of carbonyl (C=O) groups is 1. The van der Waals surface area contributed by atoms with E-state index in [9.17, 15) is 14.9 Å². The smallest absolute Gasteiger partial charge is 0.317 e. The van der Waals surface area contributed by atoms with Crippen molar-refractivity contribution in [2.24, 2.45) is 5.92 Å². The molecule has 0 aromatic heterocycles. The van der Waals surface area contributed by atoms with Crippen LogP contribution in [0.2, 0.25) is 5.02 Å². The summed E-state index contributed by atoms with van der Waals surface area (Å²) in [4.78, 5) is 25.1. The lowest BCUT2D eigenvalue weighted by Crippen LogP contribution is -2.42. The molecule has 0 heterocycles. The van der Waals surface area contributed by atoms with Gasteiger partial charge < -0.3 is 10.2 Å². The lowest BCUT2D eigenvalue weighted by Gasteiger charge is -2.29. The number of carbonyl (C=O) groups excluding carboxylic acids is 1. The number of urea groups is 1. The zero-order valence-corrected chi connectivity index (χ0v) is 15.1. The first kappa shape index (κ1) is 18.2. The van der Waals surface area contributed by atoms with Gasteiger partial charge in [0.15, 0.2) is 0 Å². The largest absolute Gasteiger partial charge is 0.322 e. The molecule has 1 atom stereocenters. The van der Waals surface area contributed by atoms with Crippen LogP contribution in [0.4, 0.5) is 16.2 Å². The Labute approximate surface area is 156 Å². The fraction of sp³-hybridized carbons (Fsp3) is 0.316. The number of amides is 2. The summed E-state index contributed by atoms with van der Waals surface area (Å²) in [6, 6.07) is 13.9. The first-order chi connectivity index (χ1) is 12.5. The summed E-state index contributed by atoms with van der Waals surface area (Å²) in [5.41, 5.74) is 1.17. The molecule has 3 rings (SSSR count). The molecule has 0 radical (unpaired) electrons. The summed E-state index contributed by atoms with van der Waals surface area (Å²) in [5, 5.41) is 13.9. The molecule has 6 nitrogen and oxygen atoms in total. The van der Waals surface area contributed by atoms with E-state index in [0.717, 1.165) is 18.4 Å². The van der Waals surface area contributed by atoms with Gasteiger partial charge in [0.25, 0.3) is 5.69 Å². The molecular weight excluding hydrogens is 354 g/mol. The number of rotatable bonds is 6. The van der Waals surface area contributed by atoms with E-state index in [-0.39, 0.29) is 22.8 Å². The average Bonchev–Trinajstić information content (AvgIpc) is 3.46. The van der Waals surface area contributed by atoms with Gasteiger partial charge in [-0.3, -0.25) is 10.1 Å².